The topological polar surface area (TPSA) is 45.1 Å². The van der Waals surface area contributed by atoms with E-state index >= 15 is 0 Å². The van der Waals surface area contributed by atoms with Gasteiger partial charge in [0.2, 0.25) is 0 Å². The molecule has 2 N–H and O–H groups in total. The molecular formula is C11H20N2OS. The normalized spacial score (nSPS) is 15.1. The van der Waals surface area contributed by atoms with E-state index < -0.39 is 0 Å². The van der Waals surface area contributed by atoms with E-state index in [2.05, 4.69) is 29.6 Å². The van der Waals surface area contributed by atoms with Gasteiger partial charge in [-0.05, 0) is 43.4 Å². The van der Waals surface area contributed by atoms with Gasteiger partial charge < -0.3 is 10.4 Å². The minimum atomic E-state index is 0.283. The van der Waals surface area contributed by atoms with Gasteiger partial charge in [-0.1, -0.05) is 13.3 Å². The van der Waals surface area contributed by atoms with Crippen LogP contribution in [0, 0.1) is 5.92 Å². The van der Waals surface area contributed by atoms with Gasteiger partial charge in [-0.2, -0.15) is 4.37 Å². The van der Waals surface area contributed by atoms with Crippen LogP contribution in [0.25, 0.3) is 0 Å². The largest absolute Gasteiger partial charge is 0.396 e. The molecule has 1 aromatic rings. The average Bonchev–Trinajstić information content (AvgIpc) is 2.77. The SMILES string of the molecule is CCC(CCO)CNC(C)c1ccsn1. The molecule has 0 saturated carbocycles. The standard InChI is InChI=1S/C11H20N2OS/c1-3-10(4-6-14)8-12-9(2)11-5-7-15-13-11/h5,7,9-10,12,14H,3-4,6,8H2,1-2H3. The van der Waals surface area contributed by atoms with Crippen LogP contribution in [0.1, 0.15) is 38.4 Å². The molecule has 0 bridgehead atoms. The lowest BCUT2D eigenvalue weighted by molar-refractivity contribution is 0.249. The lowest BCUT2D eigenvalue weighted by Gasteiger charge is -2.17. The Balaban J connectivity index is 2.29. The van der Waals surface area contributed by atoms with Crippen LogP contribution in [-0.2, 0) is 0 Å². The molecule has 0 spiro atoms. The maximum Gasteiger partial charge on any atom is 0.0708 e. The van der Waals surface area contributed by atoms with Gasteiger partial charge in [0.05, 0.1) is 5.69 Å². The highest BCUT2D eigenvalue weighted by atomic mass is 32.1. The molecule has 0 fully saturated rings. The fraction of sp³-hybridized carbons (Fsp3) is 0.727. The van der Waals surface area contributed by atoms with Gasteiger partial charge >= 0.3 is 0 Å². The van der Waals surface area contributed by atoms with E-state index in [0.29, 0.717) is 12.0 Å². The molecule has 1 aromatic heterocycles. The molecule has 15 heavy (non-hydrogen) atoms. The quantitative estimate of drug-likeness (QED) is 0.752. The van der Waals surface area contributed by atoms with Crippen molar-refractivity contribution in [1.29, 1.82) is 0 Å². The molecule has 0 aliphatic heterocycles. The lowest BCUT2D eigenvalue weighted by atomic mass is 10.0. The van der Waals surface area contributed by atoms with Crippen molar-refractivity contribution < 1.29 is 5.11 Å². The summed E-state index contributed by atoms with van der Waals surface area (Å²) in [4.78, 5) is 0. The average molecular weight is 228 g/mol. The summed E-state index contributed by atoms with van der Waals surface area (Å²) >= 11 is 1.49. The first-order valence-corrected chi connectivity index (χ1v) is 6.36. The zero-order valence-electron chi connectivity index (χ0n) is 9.44. The van der Waals surface area contributed by atoms with Crippen molar-refractivity contribution in [1.82, 2.24) is 9.69 Å². The molecule has 1 heterocycles. The third-order valence-corrected chi connectivity index (χ3v) is 3.30. The molecule has 0 aliphatic carbocycles. The van der Waals surface area contributed by atoms with Crippen LogP contribution in [0.5, 0.6) is 0 Å². The fourth-order valence-corrected chi connectivity index (χ4v) is 2.13. The van der Waals surface area contributed by atoms with Crippen LogP contribution in [-0.4, -0.2) is 22.6 Å². The summed E-state index contributed by atoms with van der Waals surface area (Å²) < 4.78 is 4.30. The Morgan fingerprint density at radius 2 is 2.40 bits per heavy atom. The third kappa shape index (κ3) is 4.28. The summed E-state index contributed by atoms with van der Waals surface area (Å²) in [5.41, 5.74) is 1.11. The molecule has 0 aromatic carbocycles. The first-order chi connectivity index (χ1) is 7.27. The van der Waals surface area contributed by atoms with Gasteiger partial charge in [-0.3, -0.25) is 0 Å². The maximum atomic E-state index is 8.88. The highest BCUT2D eigenvalue weighted by molar-refractivity contribution is 7.03. The van der Waals surface area contributed by atoms with Crippen molar-refractivity contribution in [3.05, 3.63) is 17.1 Å². The Morgan fingerprint density at radius 1 is 1.60 bits per heavy atom. The fourth-order valence-electron chi connectivity index (χ4n) is 1.53. The molecule has 2 atom stereocenters. The first-order valence-electron chi connectivity index (χ1n) is 5.52. The Bertz CT molecular complexity index is 251. The molecule has 0 amide bonds. The number of hydrogen-bond donors (Lipinski definition) is 2. The third-order valence-electron chi connectivity index (χ3n) is 2.73. The molecule has 86 valence electrons. The number of hydrogen-bond acceptors (Lipinski definition) is 4. The van der Waals surface area contributed by atoms with Crippen molar-refractivity contribution in [2.45, 2.75) is 32.7 Å². The predicted octanol–water partition coefficient (Wildman–Crippen LogP) is 2.20. The molecular weight excluding hydrogens is 208 g/mol. The molecule has 0 saturated heterocycles. The zero-order chi connectivity index (χ0) is 11.1. The van der Waals surface area contributed by atoms with Crippen LogP contribution < -0.4 is 5.32 Å². The second-order valence-corrected chi connectivity index (χ2v) is 4.51. The summed E-state index contributed by atoms with van der Waals surface area (Å²) in [5.74, 6) is 0.566. The van der Waals surface area contributed by atoms with Crippen LogP contribution in [0.3, 0.4) is 0 Å². The summed E-state index contributed by atoms with van der Waals surface area (Å²) in [5, 5.41) is 14.3. The first kappa shape index (κ1) is 12.6. The van der Waals surface area contributed by atoms with Crippen LogP contribution >= 0.6 is 11.5 Å². The van der Waals surface area contributed by atoms with Crippen molar-refractivity contribution >= 4 is 11.5 Å². The summed E-state index contributed by atoms with van der Waals surface area (Å²) in [6, 6.07) is 2.36. The summed E-state index contributed by atoms with van der Waals surface area (Å²) in [7, 11) is 0. The smallest absolute Gasteiger partial charge is 0.0708 e. The minimum absolute atomic E-state index is 0.283. The number of aliphatic hydroxyl groups excluding tert-OH is 1. The highest BCUT2D eigenvalue weighted by Crippen LogP contribution is 2.13. The number of nitrogens with one attached hydrogen (secondary N) is 1. The highest BCUT2D eigenvalue weighted by Gasteiger charge is 2.10. The van der Waals surface area contributed by atoms with Crippen molar-refractivity contribution in [2.24, 2.45) is 5.92 Å². The maximum absolute atomic E-state index is 8.88. The van der Waals surface area contributed by atoms with E-state index in [0.717, 1.165) is 25.1 Å². The molecule has 3 nitrogen and oxygen atoms in total. The van der Waals surface area contributed by atoms with Crippen LogP contribution in [0.2, 0.25) is 0 Å². The van der Waals surface area contributed by atoms with Gasteiger partial charge in [-0.25, -0.2) is 0 Å². The van der Waals surface area contributed by atoms with E-state index in [4.69, 9.17) is 5.11 Å². The van der Waals surface area contributed by atoms with Crippen LogP contribution in [0.15, 0.2) is 11.4 Å². The van der Waals surface area contributed by atoms with Crippen molar-refractivity contribution in [3.63, 3.8) is 0 Å². The minimum Gasteiger partial charge on any atom is -0.396 e. The second-order valence-electron chi connectivity index (χ2n) is 3.84. The Hall–Kier alpha value is -0.450. The Morgan fingerprint density at radius 3 is 2.93 bits per heavy atom. The van der Waals surface area contributed by atoms with E-state index in [1.165, 1.54) is 11.5 Å². The van der Waals surface area contributed by atoms with Gasteiger partial charge in [0.15, 0.2) is 0 Å². The molecule has 0 radical (unpaired) electrons. The van der Waals surface area contributed by atoms with E-state index in [-0.39, 0.29) is 6.61 Å². The van der Waals surface area contributed by atoms with Crippen molar-refractivity contribution in [2.75, 3.05) is 13.2 Å². The van der Waals surface area contributed by atoms with E-state index in [1.54, 1.807) is 0 Å². The van der Waals surface area contributed by atoms with Crippen molar-refractivity contribution in [3.8, 4) is 0 Å². The van der Waals surface area contributed by atoms with Gasteiger partial charge in [0.1, 0.15) is 0 Å². The molecule has 1 rings (SSSR count). The number of aliphatic hydroxyl groups is 1. The summed E-state index contributed by atoms with van der Waals surface area (Å²) in [6.45, 7) is 5.53. The van der Waals surface area contributed by atoms with Gasteiger partial charge in [-0.15, -0.1) is 0 Å². The van der Waals surface area contributed by atoms with Crippen LogP contribution in [0.4, 0.5) is 0 Å². The van der Waals surface area contributed by atoms with Gasteiger partial charge in [0, 0.05) is 18.0 Å². The molecule has 0 aliphatic rings. The summed E-state index contributed by atoms with van der Waals surface area (Å²) in [6.07, 6.45) is 1.99. The Kier molecular flexibility index (Phi) is 5.83. The second kappa shape index (κ2) is 6.93. The number of nitrogens with zero attached hydrogens (tertiary/aromatic N) is 1. The predicted molar refractivity (Wildman–Crippen MR) is 64.0 cm³/mol. The zero-order valence-corrected chi connectivity index (χ0v) is 10.3. The monoisotopic (exact) mass is 228 g/mol. The lowest BCUT2D eigenvalue weighted by Crippen LogP contribution is -2.26. The molecule has 4 heteroatoms. The van der Waals surface area contributed by atoms with E-state index in [9.17, 15) is 0 Å². The number of aromatic nitrogens is 1. The number of rotatable bonds is 7. The molecule has 2 unspecified atom stereocenters. The van der Waals surface area contributed by atoms with Gasteiger partial charge in [0.25, 0.3) is 0 Å². The van der Waals surface area contributed by atoms with E-state index in [1.807, 2.05) is 5.38 Å². The Labute approximate surface area is 95.7 Å².